The standard InChI is InChI=1S/C13H13F3OS/c14-13(15,16)11(17)9-12(7-4-8-12)18-10-5-2-1-3-6-10/h1-3,5-6H,4,7-9H2. The van der Waals surface area contributed by atoms with Gasteiger partial charge in [0.2, 0.25) is 5.78 Å². The molecule has 1 aliphatic rings. The summed E-state index contributed by atoms with van der Waals surface area (Å²) < 4.78 is 36.4. The lowest BCUT2D eigenvalue weighted by Gasteiger charge is -2.41. The van der Waals surface area contributed by atoms with Crippen LogP contribution < -0.4 is 0 Å². The van der Waals surface area contributed by atoms with E-state index in [0.29, 0.717) is 12.8 Å². The van der Waals surface area contributed by atoms with E-state index in [1.165, 1.54) is 11.8 Å². The fourth-order valence-corrected chi connectivity index (χ4v) is 3.51. The third-order valence-electron chi connectivity index (χ3n) is 3.14. The summed E-state index contributed by atoms with van der Waals surface area (Å²) in [6.07, 6.45) is -2.87. The molecule has 0 aromatic heterocycles. The second-order valence-corrected chi connectivity index (χ2v) is 6.09. The first kappa shape index (κ1) is 13.5. The van der Waals surface area contributed by atoms with Gasteiger partial charge in [0, 0.05) is 16.1 Å². The highest BCUT2D eigenvalue weighted by Crippen LogP contribution is 2.50. The van der Waals surface area contributed by atoms with E-state index in [1.807, 2.05) is 30.3 Å². The Hall–Kier alpha value is -0.970. The van der Waals surface area contributed by atoms with Gasteiger partial charge in [-0.25, -0.2) is 0 Å². The second-order valence-electron chi connectivity index (χ2n) is 4.55. The number of rotatable bonds is 4. The Labute approximate surface area is 108 Å². The van der Waals surface area contributed by atoms with Crippen LogP contribution in [0.1, 0.15) is 25.7 Å². The molecule has 0 spiro atoms. The van der Waals surface area contributed by atoms with Crippen molar-refractivity contribution in [2.75, 3.05) is 0 Å². The van der Waals surface area contributed by atoms with Crippen molar-refractivity contribution in [1.82, 2.24) is 0 Å². The van der Waals surface area contributed by atoms with Crippen molar-refractivity contribution in [1.29, 1.82) is 0 Å². The van der Waals surface area contributed by atoms with Gasteiger partial charge >= 0.3 is 6.18 Å². The molecule has 18 heavy (non-hydrogen) atoms. The van der Waals surface area contributed by atoms with Crippen LogP contribution in [0.25, 0.3) is 0 Å². The average molecular weight is 274 g/mol. The van der Waals surface area contributed by atoms with Crippen LogP contribution in [0, 0.1) is 0 Å². The summed E-state index contributed by atoms with van der Waals surface area (Å²) in [4.78, 5) is 12.0. The molecule has 0 atom stereocenters. The van der Waals surface area contributed by atoms with Crippen molar-refractivity contribution >= 4 is 17.5 Å². The van der Waals surface area contributed by atoms with E-state index in [0.717, 1.165) is 11.3 Å². The number of carbonyl (C=O) groups excluding carboxylic acids is 1. The van der Waals surface area contributed by atoms with Gasteiger partial charge in [-0.05, 0) is 25.0 Å². The first-order chi connectivity index (χ1) is 8.41. The van der Waals surface area contributed by atoms with Gasteiger partial charge in [0.15, 0.2) is 0 Å². The van der Waals surface area contributed by atoms with Gasteiger partial charge in [0.05, 0.1) is 0 Å². The number of benzene rings is 1. The molecule has 98 valence electrons. The lowest BCUT2D eigenvalue weighted by atomic mass is 9.80. The second kappa shape index (κ2) is 4.96. The highest BCUT2D eigenvalue weighted by Gasteiger charge is 2.47. The Morgan fingerprint density at radius 2 is 1.83 bits per heavy atom. The number of Topliss-reactive ketones (excluding diaryl/α,β-unsaturated/α-hetero) is 1. The fraction of sp³-hybridized carbons (Fsp3) is 0.462. The predicted molar refractivity (Wildman–Crippen MR) is 64.6 cm³/mol. The van der Waals surface area contributed by atoms with Crippen molar-refractivity contribution < 1.29 is 18.0 Å². The molecular weight excluding hydrogens is 261 g/mol. The molecule has 2 rings (SSSR count). The van der Waals surface area contributed by atoms with E-state index in [1.54, 1.807) is 0 Å². The third kappa shape index (κ3) is 3.07. The van der Waals surface area contributed by atoms with E-state index in [2.05, 4.69) is 0 Å². The molecule has 1 saturated carbocycles. The van der Waals surface area contributed by atoms with Gasteiger partial charge in [-0.2, -0.15) is 13.2 Å². The van der Waals surface area contributed by atoms with Crippen LogP contribution in [0.4, 0.5) is 13.2 Å². The molecular formula is C13H13F3OS. The van der Waals surface area contributed by atoms with E-state index >= 15 is 0 Å². The monoisotopic (exact) mass is 274 g/mol. The number of hydrogen-bond donors (Lipinski definition) is 0. The van der Waals surface area contributed by atoms with Crippen LogP contribution in [-0.4, -0.2) is 16.7 Å². The molecule has 0 N–H and O–H groups in total. The average Bonchev–Trinajstić information content (AvgIpc) is 2.26. The van der Waals surface area contributed by atoms with Gasteiger partial charge in [0.25, 0.3) is 0 Å². The highest BCUT2D eigenvalue weighted by molar-refractivity contribution is 8.00. The van der Waals surface area contributed by atoms with E-state index in [-0.39, 0.29) is 0 Å². The summed E-state index contributed by atoms with van der Waals surface area (Å²) in [7, 11) is 0. The third-order valence-corrected chi connectivity index (χ3v) is 4.63. The molecule has 1 aromatic rings. The molecule has 0 radical (unpaired) electrons. The molecule has 0 heterocycles. The summed E-state index contributed by atoms with van der Waals surface area (Å²) in [5.74, 6) is -1.61. The lowest BCUT2D eigenvalue weighted by Crippen LogP contribution is -2.39. The summed E-state index contributed by atoms with van der Waals surface area (Å²) in [5, 5.41) is 0. The molecule has 1 aromatic carbocycles. The predicted octanol–water partition coefficient (Wildman–Crippen LogP) is 4.22. The quantitative estimate of drug-likeness (QED) is 0.817. The van der Waals surface area contributed by atoms with Gasteiger partial charge in [-0.3, -0.25) is 4.79 Å². The Bertz CT molecular complexity index is 424. The molecule has 0 unspecified atom stereocenters. The van der Waals surface area contributed by atoms with E-state index in [4.69, 9.17) is 0 Å². The number of hydrogen-bond acceptors (Lipinski definition) is 2. The maximum absolute atomic E-state index is 12.3. The molecule has 5 heteroatoms. The van der Waals surface area contributed by atoms with Gasteiger partial charge in [0.1, 0.15) is 0 Å². The van der Waals surface area contributed by atoms with Crippen molar-refractivity contribution in [3.63, 3.8) is 0 Å². The Morgan fingerprint density at radius 1 is 1.22 bits per heavy atom. The summed E-state index contributed by atoms with van der Waals surface area (Å²) >= 11 is 1.40. The smallest absolute Gasteiger partial charge is 0.290 e. The number of alkyl halides is 3. The molecule has 0 saturated heterocycles. The zero-order valence-electron chi connectivity index (χ0n) is 9.67. The lowest BCUT2D eigenvalue weighted by molar-refractivity contribution is -0.172. The van der Waals surface area contributed by atoms with Crippen LogP contribution in [-0.2, 0) is 4.79 Å². The summed E-state index contributed by atoms with van der Waals surface area (Å²) in [5.41, 5.74) is 0. The van der Waals surface area contributed by atoms with Crippen LogP contribution in [0.15, 0.2) is 35.2 Å². The Kier molecular flexibility index (Phi) is 3.71. The van der Waals surface area contributed by atoms with E-state index < -0.39 is 23.1 Å². The van der Waals surface area contributed by atoms with Gasteiger partial charge in [-0.15, -0.1) is 11.8 Å². The zero-order valence-corrected chi connectivity index (χ0v) is 10.5. The molecule has 0 bridgehead atoms. The first-order valence-corrected chi connectivity index (χ1v) is 6.57. The molecule has 1 fully saturated rings. The van der Waals surface area contributed by atoms with Gasteiger partial charge in [-0.1, -0.05) is 24.6 Å². The van der Waals surface area contributed by atoms with Crippen LogP contribution in [0.3, 0.4) is 0 Å². The van der Waals surface area contributed by atoms with Crippen LogP contribution in [0.2, 0.25) is 0 Å². The number of thioether (sulfide) groups is 1. The molecule has 1 nitrogen and oxygen atoms in total. The normalized spacial score (nSPS) is 18.2. The van der Waals surface area contributed by atoms with Crippen LogP contribution >= 0.6 is 11.8 Å². The summed E-state index contributed by atoms with van der Waals surface area (Å²) in [6, 6.07) is 9.28. The minimum absolute atomic E-state index is 0.407. The zero-order chi connectivity index (χ0) is 13.2. The van der Waals surface area contributed by atoms with Crippen molar-refractivity contribution in [2.24, 2.45) is 0 Å². The maximum Gasteiger partial charge on any atom is 0.450 e. The maximum atomic E-state index is 12.3. The van der Waals surface area contributed by atoms with Crippen LogP contribution in [0.5, 0.6) is 0 Å². The number of ketones is 1. The molecule has 0 aliphatic heterocycles. The fourth-order valence-electron chi connectivity index (χ4n) is 2.02. The van der Waals surface area contributed by atoms with Gasteiger partial charge < -0.3 is 0 Å². The van der Waals surface area contributed by atoms with Crippen molar-refractivity contribution in [3.8, 4) is 0 Å². The summed E-state index contributed by atoms with van der Waals surface area (Å²) in [6.45, 7) is 0. The van der Waals surface area contributed by atoms with E-state index in [9.17, 15) is 18.0 Å². The molecule has 0 amide bonds. The highest BCUT2D eigenvalue weighted by atomic mass is 32.2. The Morgan fingerprint density at radius 3 is 2.28 bits per heavy atom. The SMILES string of the molecule is O=C(CC1(Sc2ccccc2)CCC1)C(F)(F)F. The minimum atomic E-state index is -4.71. The number of halogens is 3. The number of carbonyl (C=O) groups is 1. The topological polar surface area (TPSA) is 17.1 Å². The minimum Gasteiger partial charge on any atom is -0.290 e. The largest absolute Gasteiger partial charge is 0.450 e. The Balaban J connectivity index is 2.05. The molecule has 1 aliphatic carbocycles. The first-order valence-electron chi connectivity index (χ1n) is 5.75. The van der Waals surface area contributed by atoms with Crippen molar-refractivity contribution in [2.45, 2.75) is 41.5 Å². The van der Waals surface area contributed by atoms with Crippen molar-refractivity contribution in [3.05, 3.63) is 30.3 Å².